The van der Waals surface area contributed by atoms with E-state index in [1.807, 2.05) is 6.92 Å². The van der Waals surface area contributed by atoms with E-state index in [2.05, 4.69) is 10.2 Å². The number of hydrogen-bond acceptors (Lipinski definition) is 5. The maximum absolute atomic E-state index is 10.8. The van der Waals surface area contributed by atoms with Crippen molar-refractivity contribution >= 4 is 28.7 Å². The molecule has 6 nitrogen and oxygen atoms in total. The molecule has 0 heterocycles. The number of aromatic hydroxyl groups is 1. The van der Waals surface area contributed by atoms with Crippen molar-refractivity contribution in [2.75, 3.05) is 0 Å². The van der Waals surface area contributed by atoms with Gasteiger partial charge in [-0.3, -0.25) is 10.1 Å². The lowest BCUT2D eigenvalue weighted by molar-refractivity contribution is -0.384. The summed E-state index contributed by atoms with van der Waals surface area (Å²) in [4.78, 5) is 10.2. The zero-order valence-electron chi connectivity index (χ0n) is 10.4. The van der Waals surface area contributed by atoms with Crippen LogP contribution >= 0.6 is 11.6 Å². The van der Waals surface area contributed by atoms with Crippen LogP contribution in [0.5, 0.6) is 5.75 Å². The summed E-state index contributed by atoms with van der Waals surface area (Å²) >= 11 is 5.70. The average molecular weight is 292 g/mol. The first-order valence-corrected chi connectivity index (χ1v) is 6.00. The van der Waals surface area contributed by atoms with Gasteiger partial charge in [-0.2, -0.15) is 5.11 Å². The number of azo groups is 1. The Morgan fingerprint density at radius 3 is 2.65 bits per heavy atom. The summed E-state index contributed by atoms with van der Waals surface area (Å²) in [5.41, 5.74) is 1.25. The molecule has 2 rings (SSSR count). The van der Waals surface area contributed by atoms with Gasteiger partial charge >= 0.3 is 0 Å². The summed E-state index contributed by atoms with van der Waals surface area (Å²) in [6, 6.07) is 9.01. The highest BCUT2D eigenvalue weighted by atomic mass is 35.5. The van der Waals surface area contributed by atoms with Crippen molar-refractivity contribution in [2.45, 2.75) is 6.92 Å². The van der Waals surface area contributed by atoms with Crippen LogP contribution in [-0.2, 0) is 0 Å². The Bertz CT molecular complexity index is 701. The summed E-state index contributed by atoms with van der Waals surface area (Å²) in [5, 5.41) is 28.1. The van der Waals surface area contributed by atoms with Gasteiger partial charge in [-0.15, -0.1) is 5.11 Å². The van der Waals surface area contributed by atoms with Crippen LogP contribution in [0.15, 0.2) is 46.6 Å². The molecule has 0 saturated heterocycles. The monoisotopic (exact) mass is 291 g/mol. The number of phenolic OH excluding ortho intramolecular Hbond substituents is 1. The third-order valence-electron chi connectivity index (χ3n) is 2.53. The number of nitrogens with zero attached hydrogens (tertiary/aromatic N) is 3. The van der Waals surface area contributed by atoms with Crippen LogP contribution in [0.25, 0.3) is 0 Å². The molecule has 0 aliphatic rings. The summed E-state index contributed by atoms with van der Waals surface area (Å²) in [5.74, 6) is -0.0113. The molecule has 0 bridgehead atoms. The highest BCUT2D eigenvalue weighted by Crippen LogP contribution is 2.32. The minimum absolute atomic E-state index is 0.0113. The fourth-order valence-electron chi connectivity index (χ4n) is 1.53. The van der Waals surface area contributed by atoms with E-state index in [0.29, 0.717) is 5.69 Å². The predicted molar refractivity (Wildman–Crippen MR) is 75.1 cm³/mol. The maximum atomic E-state index is 10.8. The molecule has 102 valence electrons. The van der Waals surface area contributed by atoms with Gasteiger partial charge in [-0.05, 0) is 36.8 Å². The Morgan fingerprint density at radius 2 is 1.95 bits per heavy atom. The van der Waals surface area contributed by atoms with Crippen molar-refractivity contribution < 1.29 is 10.0 Å². The van der Waals surface area contributed by atoms with Gasteiger partial charge in [0.1, 0.15) is 16.5 Å². The van der Waals surface area contributed by atoms with Gasteiger partial charge in [-0.25, -0.2) is 0 Å². The lowest BCUT2D eigenvalue weighted by Gasteiger charge is -1.99. The predicted octanol–water partition coefficient (Wildman–Crippen LogP) is 4.68. The first kappa shape index (κ1) is 14.0. The second-order valence-electron chi connectivity index (χ2n) is 4.08. The van der Waals surface area contributed by atoms with E-state index in [-0.39, 0.29) is 22.1 Å². The topological polar surface area (TPSA) is 88.1 Å². The van der Waals surface area contributed by atoms with E-state index in [9.17, 15) is 15.2 Å². The zero-order chi connectivity index (χ0) is 14.7. The molecule has 0 radical (unpaired) electrons. The van der Waals surface area contributed by atoms with Gasteiger partial charge in [0.2, 0.25) is 0 Å². The van der Waals surface area contributed by atoms with E-state index in [1.54, 1.807) is 12.1 Å². The van der Waals surface area contributed by atoms with Crippen LogP contribution in [-0.4, -0.2) is 10.0 Å². The van der Waals surface area contributed by atoms with E-state index in [0.717, 1.165) is 5.56 Å². The number of halogens is 1. The average Bonchev–Trinajstić information content (AvgIpc) is 2.41. The molecule has 0 atom stereocenters. The van der Waals surface area contributed by atoms with Crippen LogP contribution in [0.1, 0.15) is 5.56 Å². The van der Waals surface area contributed by atoms with Crippen LogP contribution in [0, 0.1) is 17.0 Å². The summed E-state index contributed by atoms with van der Waals surface area (Å²) in [6.07, 6.45) is 0. The number of benzene rings is 2. The normalized spacial score (nSPS) is 10.9. The number of nitro benzene ring substituents is 1. The fourth-order valence-corrected chi connectivity index (χ4v) is 1.71. The number of hydrogen-bond donors (Lipinski definition) is 1. The quantitative estimate of drug-likeness (QED) is 0.506. The Hall–Kier alpha value is -2.47. The minimum atomic E-state index is -0.592. The van der Waals surface area contributed by atoms with Gasteiger partial charge < -0.3 is 5.11 Å². The molecule has 1 N–H and O–H groups in total. The largest absolute Gasteiger partial charge is 0.506 e. The molecule has 0 amide bonds. The Labute approximate surface area is 119 Å². The molecular weight excluding hydrogens is 282 g/mol. The maximum Gasteiger partial charge on any atom is 0.290 e. The number of rotatable bonds is 3. The Balaban J connectivity index is 2.34. The molecule has 0 unspecified atom stereocenters. The second-order valence-corrected chi connectivity index (χ2v) is 4.49. The number of aryl methyl sites for hydroxylation is 1. The summed E-state index contributed by atoms with van der Waals surface area (Å²) in [6.45, 7) is 1.85. The van der Waals surface area contributed by atoms with Crippen molar-refractivity contribution in [3.05, 3.63) is 57.1 Å². The molecule has 0 saturated carbocycles. The summed E-state index contributed by atoms with van der Waals surface area (Å²) in [7, 11) is 0. The van der Waals surface area contributed by atoms with Crippen LogP contribution in [0.3, 0.4) is 0 Å². The van der Waals surface area contributed by atoms with Crippen molar-refractivity contribution in [3.63, 3.8) is 0 Å². The third kappa shape index (κ3) is 3.10. The van der Waals surface area contributed by atoms with Crippen LogP contribution in [0.4, 0.5) is 17.1 Å². The molecule has 0 aliphatic carbocycles. The molecule has 0 spiro atoms. The van der Waals surface area contributed by atoms with E-state index >= 15 is 0 Å². The Kier molecular flexibility index (Phi) is 3.95. The smallest absolute Gasteiger partial charge is 0.290 e. The highest BCUT2D eigenvalue weighted by Gasteiger charge is 2.12. The lowest BCUT2D eigenvalue weighted by atomic mass is 10.2. The Morgan fingerprint density at radius 1 is 1.20 bits per heavy atom. The molecule has 0 fully saturated rings. The minimum Gasteiger partial charge on any atom is -0.506 e. The molecular formula is C13H10ClN3O3. The van der Waals surface area contributed by atoms with Crippen molar-refractivity contribution in [1.29, 1.82) is 0 Å². The molecule has 0 aromatic heterocycles. The van der Waals surface area contributed by atoms with E-state index in [1.165, 1.54) is 24.3 Å². The SMILES string of the molecule is Cc1ccc(O)c(N=Nc2ccc(Cl)c([N+](=O)[O-])c2)c1. The van der Waals surface area contributed by atoms with Crippen molar-refractivity contribution in [3.8, 4) is 5.75 Å². The molecule has 20 heavy (non-hydrogen) atoms. The third-order valence-corrected chi connectivity index (χ3v) is 2.85. The molecule has 2 aromatic rings. The van der Waals surface area contributed by atoms with E-state index < -0.39 is 4.92 Å². The van der Waals surface area contributed by atoms with Gasteiger partial charge in [-0.1, -0.05) is 17.7 Å². The molecule has 2 aromatic carbocycles. The van der Waals surface area contributed by atoms with Gasteiger partial charge in [0.25, 0.3) is 5.69 Å². The molecule has 7 heteroatoms. The second kappa shape index (κ2) is 5.66. The van der Waals surface area contributed by atoms with Crippen LogP contribution < -0.4 is 0 Å². The van der Waals surface area contributed by atoms with E-state index in [4.69, 9.17) is 11.6 Å². The molecule has 0 aliphatic heterocycles. The van der Waals surface area contributed by atoms with Gasteiger partial charge in [0.15, 0.2) is 0 Å². The van der Waals surface area contributed by atoms with Gasteiger partial charge in [0, 0.05) is 6.07 Å². The number of nitro groups is 1. The highest BCUT2D eigenvalue weighted by molar-refractivity contribution is 6.32. The summed E-state index contributed by atoms with van der Waals surface area (Å²) < 4.78 is 0. The van der Waals surface area contributed by atoms with Crippen molar-refractivity contribution in [2.24, 2.45) is 10.2 Å². The standard InChI is InChI=1S/C13H10ClN3O3/c1-8-2-5-13(18)11(6-8)16-15-9-3-4-10(14)12(7-9)17(19)20/h2-7,18H,1H3. The first-order chi connectivity index (χ1) is 9.47. The number of phenols is 1. The van der Waals surface area contributed by atoms with Crippen LogP contribution in [0.2, 0.25) is 5.02 Å². The van der Waals surface area contributed by atoms with Gasteiger partial charge in [0.05, 0.1) is 10.6 Å². The van der Waals surface area contributed by atoms with Crippen molar-refractivity contribution in [1.82, 2.24) is 0 Å². The fraction of sp³-hybridized carbons (Fsp3) is 0.0769. The lowest BCUT2D eigenvalue weighted by Crippen LogP contribution is -1.87. The first-order valence-electron chi connectivity index (χ1n) is 5.62. The zero-order valence-corrected chi connectivity index (χ0v) is 11.2.